The molecule has 4 rings (SSSR count). The molecule has 2 aromatic carbocycles. The predicted octanol–water partition coefficient (Wildman–Crippen LogP) is 3.91. The lowest BCUT2D eigenvalue weighted by molar-refractivity contribution is -0.121. The van der Waals surface area contributed by atoms with Crippen molar-refractivity contribution in [2.24, 2.45) is 5.92 Å². The standard InChI is InChI=1S/C21H19F2N3O3/c1-12-24-18-5-3-15(11-19(18)29-12)25-20(27)13-6-8-26(9-7-13)21(28)16-4-2-14(22)10-17(16)23/h2-5,10-11,13H,6-9H2,1H3,(H,25,27). The van der Waals surface area contributed by atoms with Gasteiger partial charge in [0.2, 0.25) is 5.91 Å². The van der Waals surface area contributed by atoms with E-state index in [1.165, 1.54) is 4.90 Å². The first kappa shape index (κ1) is 19.0. The Hall–Kier alpha value is -3.29. The van der Waals surface area contributed by atoms with E-state index in [4.69, 9.17) is 4.42 Å². The van der Waals surface area contributed by atoms with Gasteiger partial charge < -0.3 is 14.6 Å². The maximum absolute atomic E-state index is 13.9. The molecule has 0 saturated carbocycles. The molecule has 0 spiro atoms. The fourth-order valence-electron chi connectivity index (χ4n) is 3.54. The first-order valence-electron chi connectivity index (χ1n) is 9.33. The minimum absolute atomic E-state index is 0.138. The molecule has 1 aliphatic rings. The lowest BCUT2D eigenvalue weighted by Crippen LogP contribution is -2.41. The molecule has 2 amide bonds. The number of nitrogens with one attached hydrogen (secondary N) is 1. The highest BCUT2D eigenvalue weighted by atomic mass is 19.1. The number of benzene rings is 2. The molecule has 0 atom stereocenters. The lowest BCUT2D eigenvalue weighted by Gasteiger charge is -2.31. The van der Waals surface area contributed by atoms with Gasteiger partial charge in [-0.05, 0) is 37.1 Å². The van der Waals surface area contributed by atoms with Crippen molar-refractivity contribution in [2.75, 3.05) is 18.4 Å². The highest BCUT2D eigenvalue weighted by Crippen LogP contribution is 2.24. The molecule has 1 N–H and O–H groups in total. The van der Waals surface area contributed by atoms with Crippen LogP contribution in [0.5, 0.6) is 0 Å². The van der Waals surface area contributed by atoms with Crippen LogP contribution in [0.1, 0.15) is 29.1 Å². The van der Waals surface area contributed by atoms with Crippen molar-refractivity contribution in [3.63, 3.8) is 0 Å². The van der Waals surface area contributed by atoms with Crippen LogP contribution in [0, 0.1) is 24.5 Å². The molecular weight excluding hydrogens is 380 g/mol. The van der Waals surface area contributed by atoms with Crippen molar-refractivity contribution in [1.29, 1.82) is 0 Å². The lowest BCUT2D eigenvalue weighted by atomic mass is 9.95. The second kappa shape index (κ2) is 7.62. The van der Waals surface area contributed by atoms with Crippen molar-refractivity contribution in [1.82, 2.24) is 9.88 Å². The number of amides is 2. The predicted molar refractivity (Wildman–Crippen MR) is 102 cm³/mol. The normalized spacial score (nSPS) is 14.9. The van der Waals surface area contributed by atoms with Crippen LogP contribution in [0.15, 0.2) is 40.8 Å². The number of hydrogen-bond acceptors (Lipinski definition) is 4. The number of hydrogen-bond donors (Lipinski definition) is 1. The van der Waals surface area contributed by atoms with Crippen LogP contribution in [0.3, 0.4) is 0 Å². The van der Waals surface area contributed by atoms with Crippen LogP contribution in [-0.2, 0) is 4.79 Å². The van der Waals surface area contributed by atoms with Gasteiger partial charge >= 0.3 is 0 Å². The quantitative estimate of drug-likeness (QED) is 0.725. The summed E-state index contributed by atoms with van der Waals surface area (Å²) >= 11 is 0. The number of aromatic nitrogens is 1. The molecule has 0 bridgehead atoms. The summed E-state index contributed by atoms with van der Waals surface area (Å²) in [7, 11) is 0. The van der Waals surface area contributed by atoms with Gasteiger partial charge in [-0.1, -0.05) is 0 Å². The summed E-state index contributed by atoms with van der Waals surface area (Å²) in [5.41, 5.74) is 1.78. The number of oxazole rings is 1. The number of anilines is 1. The van der Waals surface area contributed by atoms with Crippen LogP contribution in [-0.4, -0.2) is 34.8 Å². The van der Waals surface area contributed by atoms with Gasteiger partial charge in [-0.2, -0.15) is 0 Å². The van der Waals surface area contributed by atoms with Crippen molar-refractivity contribution in [3.05, 3.63) is 59.5 Å². The summed E-state index contributed by atoms with van der Waals surface area (Å²) < 4.78 is 32.4. The average molecular weight is 399 g/mol. The Balaban J connectivity index is 1.37. The summed E-state index contributed by atoms with van der Waals surface area (Å²) in [6.07, 6.45) is 0.925. The smallest absolute Gasteiger partial charge is 0.256 e. The van der Waals surface area contributed by atoms with Gasteiger partial charge in [-0.25, -0.2) is 13.8 Å². The number of fused-ring (bicyclic) bond motifs is 1. The molecule has 3 aromatic rings. The van der Waals surface area contributed by atoms with E-state index in [1.54, 1.807) is 25.1 Å². The van der Waals surface area contributed by atoms with Gasteiger partial charge in [0.15, 0.2) is 11.5 Å². The van der Waals surface area contributed by atoms with E-state index >= 15 is 0 Å². The number of carbonyl (C=O) groups is 2. The van der Waals surface area contributed by atoms with Crippen molar-refractivity contribution < 1.29 is 22.8 Å². The largest absolute Gasteiger partial charge is 0.441 e. The SMILES string of the molecule is Cc1nc2ccc(NC(=O)C3CCN(C(=O)c4ccc(F)cc4F)CC3)cc2o1. The van der Waals surface area contributed by atoms with Gasteiger partial charge in [0, 0.05) is 43.8 Å². The Kier molecular flexibility index (Phi) is 5.00. The third-order valence-corrected chi connectivity index (χ3v) is 5.08. The van der Waals surface area contributed by atoms with Crippen LogP contribution < -0.4 is 5.32 Å². The molecule has 1 aliphatic heterocycles. The maximum Gasteiger partial charge on any atom is 0.256 e. The van der Waals surface area contributed by atoms with Crippen LogP contribution in [0.4, 0.5) is 14.5 Å². The number of aryl methyl sites for hydroxylation is 1. The zero-order chi connectivity index (χ0) is 20.5. The molecule has 1 aromatic heterocycles. The third kappa shape index (κ3) is 3.96. The fraction of sp³-hybridized carbons (Fsp3) is 0.286. The molecule has 1 fully saturated rings. The van der Waals surface area contributed by atoms with Gasteiger partial charge in [-0.3, -0.25) is 9.59 Å². The number of likely N-dealkylation sites (tertiary alicyclic amines) is 1. The first-order chi connectivity index (χ1) is 13.9. The molecule has 0 radical (unpaired) electrons. The summed E-state index contributed by atoms with van der Waals surface area (Å²) in [6, 6.07) is 8.16. The summed E-state index contributed by atoms with van der Waals surface area (Å²) in [4.78, 5) is 30.8. The topological polar surface area (TPSA) is 75.4 Å². The monoisotopic (exact) mass is 399 g/mol. The van der Waals surface area contributed by atoms with E-state index in [-0.39, 0.29) is 17.4 Å². The van der Waals surface area contributed by atoms with Crippen LogP contribution >= 0.6 is 0 Å². The second-order valence-electron chi connectivity index (χ2n) is 7.10. The highest BCUT2D eigenvalue weighted by molar-refractivity contribution is 5.96. The van der Waals surface area contributed by atoms with E-state index in [2.05, 4.69) is 10.3 Å². The van der Waals surface area contributed by atoms with E-state index in [0.29, 0.717) is 49.2 Å². The molecule has 8 heteroatoms. The molecule has 0 unspecified atom stereocenters. The minimum atomic E-state index is -0.882. The number of carbonyl (C=O) groups excluding carboxylic acids is 2. The van der Waals surface area contributed by atoms with Crippen molar-refractivity contribution in [2.45, 2.75) is 19.8 Å². The minimum Gasteiger partial charge on any atom is -0.441 e. The van der Waals surface area contributed by atoms with Gasteiger partial charge in [0.1, 0.15) is 17.2 Å². The zero-order valence-corrected chi connectivity index (χ0v) is 15.7. The molecule has 150 valence electrons. The average Bonchev–Trinajstić information content (AvgIpc) is 3.07. The Morgan fingerprint density at radius 2 is 1.90 bits per heavy atom. The molecule has 29 heavy (non-hydrogen) atoms. The number of piperidine rings is 1. The summed E-state index contributed by atoms with van der Waals surface area (Å²) in [5, 5.41) is 2.87. The molecule has 0 aliphatic carbocycles. The van der Waals surface area contributed by atoms with Crippen molar-refractivity contribution in [3.8, 4) is 0 Å². The van der Waals surface area contributed by atoms with E-state index < -0.39 is 17.5 Å². The summed E-state index contributed by atoms with van der Waals surface area (Å²) in [6.45, 7) is 2.41. The Bertz CT molecular complexity index is 1090. The van der Waals surface area contributed by atoms with Gasteiger partial charge in [0.05, 0.1) is 5.56 Å². The maximum atomic E-state index is 13.9. The number of halogens is 2. The zero-order valence-electron chi connectivity index (χ0n) is 15.7. The Morgan fingerprint density at radius 3 is 2.62 bits per heavy atom. The van der Waals surface area contributed by atoms with Crippen molar-refractivity contribution >= 4 is 28.6 Å². The molecule has 2 heterocycles. The van der Waals surface area contributed by atoms with E-state index in [1.807, 2.05) is 0 Å². The second-order valence-corrected chi connectivity index (χ2v) is 7.10. The Morgan fingerprint density at radius 1 is 1.14 bits per heavy atom. The Labute approximate surface area is 165 Å². The first-order valence-corrected chi connectivity index (χ1v) is 9.33. The highest BCUT2D eigenvalue weighted by Gasteiger charge is 2.29. The number of rotatable bonds is 3. The molecule has 6 nitrogen and oxygen atoms in total. The fourth-order valence-corrected chi connectivity index (χ4v) is 3.54. The van der Waals surface area contributed by atoms with E-state index in [9.17, 15) is 18.4 Å². The van der Waals surface area contributed by atoms with Crippen LogP contribution in [0.25, 0.3) is 11.1 Å². The molecular formula is C21H19F2N3O3. The number of nitrogens with zero attached hydrogens (tertiary/aromatic N) is 2. The third-order valence-electron chi connectivity index (χ3n) is 5.08. The molecule has 1 saturated heterocycles. The van der Waals surface area contributed by atoms with E-state index in [0.717, 1.165) is 17.6 Å². The van der Waals surface area contributed by atoms with Gasteiger partial charge in [0.25, 0.3) is 5.91 Å². The van der Waals surface area contributed by atoms with Gasteiger partial charge in [-0.15, -0.1) is 0 Å². The summed E-state index contributed by atoms with van der Waals surface area (Å²) in [5.74, 6) is -1.95. The van der Waals surface area contributed by atoms with Crippen LogP contribution in [0.2, 0.25) is 0 Å².